The van der Waals surface area contributed by atoms with Crippen molar-refractivity contribution in [2.24, 2.45) is 0 Å². The molecule has 0 atom stereocenters. The van der Waals surface area contributed by atoms with Crippen LogP contribution in [0.4, 0.5) is 0 Å². The molecule has 0 unspecified atom stereocenters. The zero-order valence-electron chi connectivity index (χ0n) is 13.4. The number of rotatable bonds is 15. The Morgan fingerprint density at radius 2 is 0.950 bits per heavy atom. The minimum absolute atomic E-state index is 0. The van der Waals surface area contributed by atoms with Crippen LogP contribution >= 0.6 is 12.4 Å². The van der Waals surface area contributed by atoms with Crippen molar-refractivity contribution in [1.29, 1.82) is 0 Å². The highest BCUT2D eigenvalue weighted by Crippen LogP contribution is 2.13. The molecule has 1 N–H and O–H groups in total. The number of unbranched alkanes of at least 4 members (excludes halogenated alkanes) is 13. The highest BCUT2D eigenvalue weighted by Gasteiger charge is 1.96. The second-order valence-corrected chi connectivity index (χ2v) is 5.74. The molecule has 3 heteroatoms. The SMILES string of the molecule is CCCCCCCCCCCCCCCCC(=O)O.Cl. The predicted octanol–water partition coefficient (Wildman–Crippen LogP) is 6.36. The molecule has 0 amide bonds. The summed E-state index contributed by atoms with van der Waals surface area (Å²) in [6, 6.07) is 0. The van der Waals surface area contributed by atoms with Crippen molar-refractivity contribution in [3.63, 3.8) is 0 Å². The van der Waals surface area contributed by atoms with Gasteiger partial charge in [0.05, 0.1) is 0 Å². The first kappa shape index (κ1) is 22.0. The molecule has 2 nitrogen and oxygen atoms in total. The van der Waals surface area contributed by atoms with E-state index in [1.165, 1.54) is 77.0 Å². The molecule has 0 aliphatic heterocycles. The topological polar surface area (TPSA) is 37.3 Å². The van der Waals surface area contributed by atoms with Gasteiger partial charge in [0, 0.05) is 6.42 Å². The minimum Gasteiger partial charge on any atom is -0.481 e. The fourth-order valence-corrected chi connectivity index (χ4v) is 2.47. The number of halogens is 1. The van der Waals surface area contributed by atoms with Crippen LogP contribution in [-0.4, -0.2) is 11.1 Å². The largest absolute Gasteiger partial charge is 0.481 e. The van der Waals surface area contributed by atoms with E-state index >= 15 is 0 Å². The molecule has 0 bridgehead atoms. The highest BCUT2D eigenvalue weighted by atomic mass is 35.5. The van der Waals surface area contributed by atoms with Gasteiger partial charge in [0.1, 0.15) is 0 Å². The number of aliphatic carboxylic acids is 1. The zero-order valence-corrected chi connectivity index (χ0v) is 14.2. The highest BCUT2D eigenvalue weighted by molar-refractivity contribution is 5.85. The average molecular weight is 307 g/mol. The molecule has 0 aromatic rings. The van der Waals surface area contributed by atoms with Gasteiger partial charge >= 0.3 is 5.97 Å². The Balaban J connectivity index is 0. The Labute approximate surface area is 132 Å². The van der Waals surface area contributed by atoms with Crippen molar-refractivity contribution >= 4 is 18.4 Å². The third kappa shape index (κ3) is 20.1. The van der Waals surface area contributed by atoms with Crippen molar-refractivity contribution in [3.8, 4) is 0 Å². The number of carboxylic acid groups (broad SMARTS) is 1. The lowest BCUT2D eigenvalue weighted by Gasteiger charge is -2.02. The number of hydrogen-bond donors (Lipinski definition) is 1. The summed E-state index contributed by atoms with van der Waals surface area (Å²) in [6.07, 6.45) is 18.7. The molecule has 0 radical (unpaired) electrons. The Morgan fingerprint density at radius 1 is 0.650 bits per heavy atom. The van der Waals surface area contributed by atoms with Crippen LogP contribution in [0.25, 0.3) is 0 Å². The lowest BCUT2D eigenvalue weighted by molar-refractivity contribution is -0.137. The van der Waals surface area contributed by atoms with Gasteiger partial charge in [-0.05, 0) is 6.42 Å². The normalized spacial score (nSPS) is 10.2. The predicted molar refractivity (Wildman–Crippen MR) is 89.8 cm³/mol. The van der Waals surface area contributed by atoms with Crippen molar-refractivity contribution in [2.45, 2.75) is 103 Å². The van der Waals surface area contributed by atoms with Crippen LogP contribution in [0.1, 0.15) is 103 Å². The van der Waals surface area contributed by atoms with Crippen LogP contribution < -0.4 is 0 Å². The number of hydrogen-bond acceptors (Lipinski definition) is 1. The quantitative estimate of drug-likeness (QED) is 0.357. The van der Waals surface area contributed by atoms with Crippen molar-refractivity contribution < 1.29 is 9.90 Å². The maximum absolute atomic E-state index is 10.3. The average Bonchev–Trinajstić information content (AvgIpc) is 2.39. The lowest BCUT2D eigenvalue weighted by Crippen LogP contribution is -1.93. The Morgan fingerprint density at radius 3 is 1.25 bits per heavy atom. The number of carbonyl (C=O) groups is 1. The van der Waals surface area contributed by atoms with Crippen molar-refractivity contribution in [3.05, 3.63) is 0 Å². The summed E-state index contributed by atoms with van der Waals surface area (Å²) >= 11 is 0. The fraction of sp³-hybridized carbons (Fsp3) is 0.941. The van der Waals surface area contributed by atoms with E-state index in [1.54, 1.807) is 0 Å². The molecule has 0 saturated heterocycles. The first-order chi connectivity index (χ1) is 9.27. The van der Waals surface area contributed by atoms with Gasteiger partial charge in [-0.15, -0.1) is 12.4 Å². The second kappa shape index (κ2) is 18.8. The van der Waals surface area contributed by atoms with Gasteiger partial charge in [-0.2, -0.15) is 0 Å². The molecule has 0 aromatic carbocycles. The van der Waals surface area contributed by atoms with Gasteiger partial charge < -0.3 is 5.11 Å². The molecule has 0 aromatic heterocycles. The molecule has 0 heterocycles. The molecule has 122 valence electrons. The molecular weight excluding hydrogens is 272 g/mol. The van der Waals surface area contributed by atoms with Gasteiger partial charge in [0.2, 0.25) is 0 Å². The summed E-state index contributed by atoms with van der Waals surface area (Å²) < 4.78 is 0. The van der Waals surface area contributed by atoms with Crippen LogP contribution in [0.3, 0.4) is 0 Å². The first-order valence-electron chi connectivity index (χ1n) is 8.49. The van der Waals surface area contributed by atoms with Gasteiger partial charge in [-0.1, -0.05) is 90.4 Å². The molecule has 0 saturated carbocycles. The van der Waals surface area contributed by atoms with Crippen LogP contribution in [0.15, 0.2) is 0 Å². The summed E-state index contributed by atoms with van der Waals surface area (Å²) in [5.41, 5.74) is 0. The summed E-state index contributed by atoms with van der Waals surface area (Å²) in [5.74, 6) is -0.654. The van der Waals surface area contributed by atoms with Gasteiger partial charge in [0.15, 0.2) is 0 Å². The van der Waals surface area contributed by atoms with Gasteiger partial charge in [0.25, 0.3) is 0 Å². The third-order valence-electron chi connectivity index (χ3n) is 3.74. The summed E-state index contributed by atoms with van der Waals surface area (Å²) in [6.45, 7) is 2.27. The Kier molecular flexibility index (Phi) is 20.7. The maximum atomic E-state index is 10.3. The van der Waals surface area contributed by atoms with Gasteiger partial charge in [-0.25, -0.2) is 0 Å². The standard InChI is InChI=1S/C17H34O2.ClH/c1-2-3-4-5-6-7-8-9-10-11-12-13-14-15-16-17(18)19;/h2-16H2,1H3,(H,18,19);1H. The third-order valence-corrected chi connectivity index (χ3v) is 3.74. The number of carboxylic acids is 1. The van der Waals surface area contributed by atoms with E-state index < -0.39 is 5.97 Å². The second-order valence-electron chi connectivity index (χ2n) is 5.74. The Bertz CT molecular complexity index is 195. The van der Waals surface area contributed by atoms with E-state index in [2.05, 4.69) is 6.92 Å². The van der Waals surface area contributed by atoms with Crippen molar-refractivity contribution in [1.82, 2.24) is 0 Å². The van der Waals surface area contributed by atoms with E-state index in [4.69, 9.17) is 5.11 Å². The summed E-state index contributed by atoms with van der Waals surface area (Å²) in [5, 5.41) is 8.50. The van der Waals surface area contributed by atoms with Crippen molar-refractivity contribution in [2.75, 3.05) is 0 Å². The molecule has 0 aliphatic carbocycles. The molecule has 0 rings (SSSR count). The van der Waals surface area contributed by atoms with E-state index in [1.807, 2.05) is 0 Å². The van der Waals surface area contributed by atoms with E-state index in [0.29, 0.717) is 6.42 Å². The summed E-state index contributed by atoms with van der Waals surface area (Å²) in [7, 11) is 0. The Hall–Kier alpha value is -0.240. The first-order valence-corrected chi connectivity index (χ1v) is 8.49. The van der Waals surface area contributed by atoms with Crippen LogP contribution in [0.2, 0.25) is 0 Å². The van der Waals surface area contributed by atoms with Crippen LogP contribution in [-0.2, 0) is 4.79 Å². The van der Waals surface area contributed by atoms with Crippen LogP contribution in [0.5, 0.6) is 0 Å². The molecule has 0 fully saturated rings. The molecule has 20 heavy (non-hydrogen) atoms. The molecule has 0 aliphatic rings. The molecular formula is C17H35ClO2. The molecule has 0 spiro atoms. The van der Waals surface area contributed by atoms with E-state index in [9.17, 15) is 4.79 Å². The summed E-state index contributed by atoms with van der Waals surface area (Å²) in [4.78, 5) is 10.3. The smallest absolute Gasteiger partial charge is 0.303 e. The lowest BCUT2D eigenvalue weighted by atomic mass is 10.0. The van der Waals surface area contributed by atoms with Gasteiger partial charge in [-0.3, -0.25) is 4.79 Å². The van der Waals surface area contributed by atoms with Crippen LogP contribution in [0, 0.1) is 0 Å². The maximum Gasteiger partial charge on any atom is 0.303 e. The van der Waals surface area contributed by atoms with E-state index in [-0.39, 0.29) is 12.4 Å². The van der Waals surface area contributed by atoms with E-state index in [0.717, 1.165) is 12.8 Å². The zero-order chi connectivity index (χ0) is 14.2. The minimum atomic E-state index is -0.654. The fourth-order valence-electron chi connectivity index (χ4n) is 2.47. The monoisotopic (exact) mass is 306 g/mol.